The number of rotatable bonds is 7. The average molecular weight is 494 g/mol. The van der Waals surface area contributed by atoms with Crippen molar-refractivity contribution in [2.75, 3.05) is 0 Å². The van der Waals surface area contributed by atoms with Crippen LogP contribution in [0.2, 0.25) is 0 Å². The van der Waals surface area contributed by atoms with Gasteiger partial charge in [-0.3, -0.25) is 0 Å². The molecule has 0 atom stereocenters. The quantitative estimate of drug-likeness (QED) is 0.572. The van der Waals surface area contributed by atoms with Crippen LogP contribution in [0.4, 0.5) is 0 Å². The summed E-state index contributed by atoms with van der Waals surface area (Å²) in [4.78, 5) is 26.1. The molecule has 130 valence electrons. The number of hydrogen-bond donors (Lipinski definition) is 2. The van der Waals surface area contributed by atoms with Crippen molar-refractivity contribution in [3.63, 3.8) is 0 Å². The molecule has 2 amide bonds. The predicted octanol–water partition coefficient (Wildman–Crippen LogP) is 1.36. The van der Waals surface area contributed by atoms with Crippen molar-refractivity contribution in [2.45, 2.75) is 39.8 Å². The Kier molecular flexibility index (Phi) is 7.54. The molecule has 2 heterocycles. The SMILES string of the molecule is CC(C)NC(=O)c1sccc1[Se][Se]c1ccsc1C(=O)NC(C)C. The standard InChI is InChI=1S/C16H20N2O2S2Se2/c1-9(2)17-15(19)13-11(5-7-21-13)23-24-12-6-8-22-14(12)16(20)18-10(3)4/h5-10H,1-4H3,(H,17,19)(H,18,20). The summed E-state index contributed by atoms with van der Waals surface area (Å²) in [6.45, 7) is 7.85. The van der Waals surface area contributed by atoms with Crippen molar-refractivity contribution < 1.29 is 9.59 Å². The van der Waals surface area contributed by atoms with Gasteiger partial charge in [0.05, 0.1) is 0 Å². The predicted molar refractivity (Wildman–Crippen MR) is 105 cm³/mol. The molecule has 0 radical (unpaired) electrons. The third-order valence-electron chi connectivity index (χ3n) is 2.73. The first-order valence-corrected chi connectivity index (χ1v) is 15.3. The maximum atomic E-state index is 12.2. The van der Waals surface area contributed by atoms with E-state index < -0.39 is 0 Å². The molecular formula is C16H20N2O2S2Se2. The molecule has 0 aromatic carbocycles. The number of hydrogen-bond acceptors (Lipinski definition) is 4. The number of carbonyl (C=O) groups excluding carboxylic acids is 2. The van der Waals surface area contributed by atoms with E-state index in [1.807, 2.05) is 50.6 Å². The number of nitrogens with one attached hydrogen (secondary N) is 2. The molecule has 0 bridgehead atoms. The van der Waals surface area contributed by atoms with Gasteiger partial charge >= 0.3 is 162 Å². The van der Waals surface area contributed by atoms with E-state index in [9.17, 15) is 9.59 Å². The summed E-state index contributed by atoms with van der Waals surface area (Å²) < 4.78 is 2.26. The molecule has 0 saturated carbocycles. The van der Waals surface area contributed by atoms with Gasteiger partial charge in [-0.15, -0.1) is 0 Å². The topological polar surface area (TPSA) is 58.2 Å². The second kappa shape index (κ2) is 9.18. The molecule has 0 aliphatic carbocycles. The minimum atomic E-state index is 0.00997. The first-order valence-electron chi connectivity index (χ1n) is 7.49. The van der Waals surface area contributed by atoms with Gasteiger partial charge in [0.1, 0.15) is 0 Å². The van der Waals surface area contributed by atoms with Crippen LogP contribution in [-0.2, 0) is 0 Å². The molecule has 8 heteroatoms. The van der Waals surface area contributed by atoms with E-state index in [4.69, 9.17) is 0 Å². The fourth-order valence-corrected chi connectivity index (χ4v) is 12.4. The molecule has 2 N–H and O–H groups in total. The Labute approximate surface area is 161 Å². The van der Waals surface area contributed by atoms with Gasteiger partial charge in [-0.25, -0.2) is 0 Å². The third-order valence-corrected chi connectivity index (χ3v) is 12.3. The first kappa shape index (κ1) is 19.7. The van der Waals surface area contributed by atoms with Crippen LogP contribution in [0.25, 0.3) is 0 Å². The van der Waals surface area contributed by atoms with Crippen LogP contribution in [0, 0.1) is 0 Å². The molecule has 0 aliphatic heterocycles. The zero-order valence-electron chi connectivity index (χ0n) is 13.9. The fourth-order valence-electron chi connectivity index (χ4n) is 1.80. The Bertz CT molecular complexity index is 650. The van der Waals surface area contributed by atoms with E-state index in [0.717, 1.165) is 18.7 Å². The first-order chi connectivity index (χ1) is 11.4. The molecule has 24 heavy (non-hydrogen) atoms. The van der Waals surface area contributed by atoms with E-state index in [-0.39, 0.29) is 50.2 Å². The zero-order chi connectivity index (χ0) is 17.7. The van der Waals surface area contributed by atoms with Crippen molar-refractivity contribution in [3.05, 3.63) is 32.6 Å². The van der Waals surface area contributed by atoms with Gasteiger partial charge in [0.2, 0.25) is 0 Å². The van der Waals surface area contributed by atoms with Crippen molar-refractivity contribution >= 4 is 69.7 Å². The van der Waals surface area contributed by atoms with Crippen LogP contribution >= 0.6 is 22.7 Å². The summed E-state index contributed by atoms with van der Waals surface area (Å²) in [5, 5.41) is 9.86. The summed E-state index contributed by atoms with van der Waals surface area (Å²) in [5.74, 6) is 0.0199. The van der Waals surface area contributed by atoms with Crippen molar-refractivity contribution in [3.8, 4) is 0 Å². The zero-order valence-corrected chi connectivity index (χ0v) is 19.0. The molecular weight excluding hydrogens is 474 g/mol. The van der Waals surface area contributed by atoms with E-state index in [0.29, 0.717) is 0 Å². The summed E-state index contributed by atoms with van der Waals surface area (Å²) in [5.41, 5.74) is 0. The fraction of sp³-hybridized carbons (Fsp3) is 0.375. The Morgan fingerprint density at radius 2 is 1.21 bits per heavy atom. The van der Waals surface area contributed by atoms with Crippen LogP contribution in [0.15, 0.2) is 22.9 Å². The molecule has 0 saturated heterocycles. The summed E-state index contributed by atoms with van der Waals surface area (Å²) in [6, 6.07) is 4.35. The number of thiophene rings is 2. The molecule has 0 aliphatic rings. The van der Waals surface area contributed by atoms with Crippen LogP contribution in [0.1, 0.15) is 47.0 Å². The van der Waals surface area contributed by atoms with Gasteiger partial charge in [0.25, 0.3) is 0 Å². The molecule has 4 nitrogen and oxygen atoms in total. The molecule has 2 rings (SSSR count). The van der Waals surface area contributed by atoms with E-state index in [1.54, 1.807) is 0 Å². The van der Waals surface area contributed by atoms with Crippen molar-refractivity contribution in [1.82, 2.24) is 10.6 Å². The number of carbonyl (C=O) groups is 2. The Hall–Kier alpha value is -0.621. The van der Waals surface area contributed by atoms with E-state index in [2.05, 4.69) is 10.6 Å². The third kappa shape index (κ3) is 5.45. The molecule has 0 fully saturated rings. The average Bonchev–Trinajstić information content (AvgIpc) is 3.12. The van der Waals surface area contributed by atoms with Crippen LogP contribution < -0.4 is 19.6 Å². The minimum absolute atomic E-state index is 0.00997. The van der Waals surface area contributed by atoms with Crippen LogP contribution in [0.5, 0.6) is 0 Å². The Morgan fingerprint density at radius 1 is 0.833 bits per heavy atom. The van der Waals surface area contributed by atoms with Crippen molar-refractivity contribution in [1.29, 1.82) is 0 Å². The number of amides is 2. The van der Waals surface area contributed by atoms with Gasteiger partial charge < -0.3 is 0 Å². The van der Waals surface area contributed by atoms with Crippen LogP contribution in [-0.4, -0.2) is 50.2 Å². The van der Waals surface area contributed by atoms with E-state index in [1.165, 1.54) is 22.7 Å². The molecule has 0 unspecified atom stereocenters. The van der Waals surface area contributed by atoms with Gasteiger partial charge in [-0.2, -0.15) is 0 Å². The molecule has 2 aromatic heterocycles. The molecule has 0 spiro atoms. The van der Waals surface area contributed by atoms with Crippen LogP contribution in [0.3, 0.4) is 0 Å². The van der Waals surface area contributed by atoms with Crippen molar-refractivity contribution in [2.24, 2.45) is 0 Å². The van der Waals surface area contributed by atoms with E-state index >= 15 is 0 Å². The summed E-state index contributed by atoms with van der Waals surface area (Å²) in [6.07, 6.45) is 0. The second-order valence-corrected chi connectivity index (χ2v) is 13.7. The summed E-state index contributed by atoms with van der Waals surface area (Å²) >= 11 is 3.36. The molecule has 2 aromatic rings. The normalized spacial score (nSPS) is 11.1. The van der Waals surface area contributed by atoms with Gasteiger partial charge in [0, 0.05) is 0 Å². The maximum absolute atomic E-state index is 12.2. The Balaban J connectivity index is 2.05. The van der Waals surface area contributed by atoms with Gasteiger partial charge in [-0.1, -0.05) is 0 Å². The van der Waals surface area contributed by atoms with Gasteiger partial charge in [-0.05, 0) is 0 Å². The Morgan fingerprint density at radius 3 is 1.54 bits per heavy atom. The second-order valence-electron chi connectivity index (χ2n) is 5.65. The summed E-state index contributed by atoms with van der Waals surface area (Å²) in [7, 11) is 0. The monoisotopic (exact) mass is 496 g/mol. The van der Waals surface area contributed by atoms with Gasteiger partial charge in [0.15, 0.2) is 0 Å².